The Labute approximate surface area is 120 Å². The van der Waals surface area contributed by atoms with Crippen molar-refractivity contribution in [2.75, 3.05) is 27.2 Å². The lowest BCUT2D eigenvalue weighted by Crippen LogP contribution is -3.00. The number of benzene rings is 1. The fourth-order valence-electron chi connectivity index (χ4n) is 1.69. The first-order chi connectivity index (χ1) is 7.53. The Balaban J connectivity index is 0.00000256. The largest absolute Gasteiger partial charge is 1.00 e. The Kier molecular flexibility index (Phi) is 7.38. The van der Waals surface area contributed by atoms with Crippen molar-refractivity contribution in [2.45, 2.75) is 13.5 Å². The first-order valence-electron chi connectivity index (χ1n) is 5.55. The minimum atomic E-state index is -0.136. The van der Waals surface area contributed by atoms with Gasteiger partial charge < -0.3 is 33.2 Å². The van der Waals surface area contributed by atoms with E-state index in [1.54, 1.807) is 0 Å². The molecule has 17 heavy (non-hydrogen) atoms. The van der Waals surface area contributed by atoms with Crippen molar-refractivity contribution in [2.24, 2.45) is 0 Å². The lowest BCUT2D eigenvalue weighted by atomic mass is 10.2. The summed E-state index contributed by atoms with van der Waals surface area (Å²) in [5, 5.41) is 0. The fraction of sp³-hybridized carbons (Fsp3) is 0.462. The smallest absolute Gasteiger partial charge is 0.361 e. The molecule has 0 heterocycles. The van der Waals surface area contributed by atoms with Crippen LogP contribution in [-0.2, 0) is 16.1 Å². The molecule has 0 fully saturated rings. The van der Waals surface area contributed by atoms with E-state index in [2.05, 4.69) is 12.1 Å². The molecule has 0 saturated carbocycles. The molecule has 0 atom stereocenters. The number of esters is 1. The molecular weight excluding hydrogens is 329 g/mol. The van der Waals surface area contributed by atoms with E-state index in [9.17, 15) is 4.79 Å². The van der Waals surface area contributed by atoms with E-state index < -0.39 is 0 Å². The molecule has 96 valence electrons. The maximum Gasteiger partial charge on any atom is 0.361 e. The highest BCUT2D eigenvalue weighted by Crippen LogP contribution is 2.08. The molecule has 0 radical (unpaired) electrons. The molecule has 0 aliphatic rings. The van der Waals surface area contributed by atoms with Crippen LogP contribution in [0.3, 0.4) is 0 Å². The second kappa shape index (κ2) is 7.66. The molecule has 1 rings (SSSR count). The number of likely N-dealkylation sites (N-methyl/N-ethyl adjacent to an activating group) is 1. The van der Waals surface area contributed by atoms with Crippen molar-refractivity contribution in [3.63, 3.8) is 0 Å². The van der Waals surface area contributed by atoms with Crippen LogP contribution in [0.2, 0.25) is 0 Å². The van der Waals surface area contributed by atoms with Crippen LogP contribution in [0.4, 0.5) is 0 Å². The molecule has 1 aromatic carbocycles. The van der Waals surface area contributed by atoms with Gasteiger partial charge in [0.25, 0.3) is 0 Å². The Bertz CT molecular complexity index is 339. The van der Waals surface area contributed by atoms with Crippen LogP contribution >= 0.6 is 0 Å². The zero-order valence-corrected chi connectivity index (χ0v) is 12.8. The second-order valence-electron chi connectivity index (χ2n) is 4.54. The zero-order chi connectivity index (χ0) is 12.0. The van der Waals surface area contributed by atoms with Crippen molar-refractivity contribution >= 4 is 5.97 Å². The first-order valence-corrected chi connectivity index (χ1v) is 5.55. The molecule has 0 aliphatic carbocycles. The van der Waals surface area contributed by atoms with Gasteiger partial charge in [-0.1, -0.05) is 30.3 Å². The molecule has 0 aliphatic heterocycles. The van der Waals surface area contributed by atoms with Crippen LogP contribution in [-0.4, -0.2) is 37.7 Å². The maximum atomic E-state index is 11.4. The number of hydrogen-bond acceptors (Lipinski definition) is 2. The van der Waals surface area contributed by atoms with Gasteiger partial charge in [0.2, 0.25) is 0 Å². The summed E-state index contributed by atoms with van der Waals surface area (Å²) >= 11 is 0. The van der Waals surface area contributed by atoms with E-state index in [0.717, 1.165) is 6.54 Å². The number of rotatable bonds is 5. The van der Waals surface area contributed by atoms with E-state index in [4.69, 9.17) is 4.74 Å². The van der Waals surface area contributed by atoms with Crippen LogP contribution in [0.1, 0.15) is 12.5 Å². The number of hydrogen-bond donors (Lipinski definition) is 0. The minimum absolute atomic E-state index is 0. The summed E-state index contributed by atoms with van der Waals surface area (Å²) in [6.07, 6.45) is 0. The molecule has 0 aromatic heterocycles. The summed E-state index contributed by atoms with van der Waals surface area (Å²) in [7, 11) is 4.06. The molecule has 3 nitrogen and oxygen atoms in total. The average molecular weight is 349 g/mol. The number of quaternary nitrogens is 1. The Morgan fingerprint density at radius 1 is 1.24 bits per heavy atom. The van der Waals surface area contributed by atoms with Gasteiger partial charge in [-0.3, -0.25) is 0 Å². The highest BCUT2D eigenvalue weighted by atomic mass is 127. The molecule has 0 amide bonds. The lowest BCUT2D eigenvalue weighted by molar-refractivity contribution is -0.896. The van der Waals surface area contributed by atoms with Gasteiger partial charge in [-0.05, 0) is 6.92 Å². The van der Waals surface area contributed by atoms with Gasteiger partial charge in [-0.2, -0.15) is 0 Å². The quantitative estimate of drug-likeness (QED) is 0.381. The zero-order valence-electron chi connectivity index (χ0n) is 10.6. The molecule has 0 N–H and O–H groups in total. The highest BCUT2D eigenvalue weighted by molar-refractivity contribution is 5.70. The van der Waals surface area contributed by atoms with Crippen LogP contribution in [0.15, 0.2) is 30.3 Å². The predicted molar refractivity (Wildman–Crippen MR) is 63.8 cm³/mol. The summed E-state index contributed by atoms with van der Waals surface area (Å²) in [5.41, 5.74) is 1.23. The Hall–Kier alpha value is -0.620. The molecule has 1 aromatic rings. The van der Waals surface area contributed by atoms with Crippen molar-refractivity contribution in [3.8, 4) is 0 Å². The van der Waals surface area contributed by atoms with Crippen LogP contribution in [0.5, 0.6) is 0 Å². The Morgan fingerprint density at radius 2 is 1.82 bits per heavy atom. The number of carbonyl (C=O) groups excluding carboxylic acids is 1. The van der Waals surface area contributed by atoms with Crippen molar-refractivity contribution in [1.29, 1.82) is 0 Å². The second-order valence-corrected chi connectivity index (χ2v) is 4.54. The minimum Gasteiger partial charge on any atom is -1.00 e. The predicted octanol–water partition coefficient (Wildman–Crippen LogP) is -1.17. The lowest BCUT2D eigenvalue weighted by Gasteiger charge is -2.28. The van der Waals surface area contributed by atoms with Crippen LogP contribution in [0, 0.1) is 0 Å². The van der Waals surface area contributed by atoms with E-state index in [0.29, 0.717) is 17.6 Å². The van der Waals surface area contributed by atoms with E-state index >= 15 is 0 Å². The molecule has 0 unspecified atom stereocenters. The van der Waals surface area contributed by atoms with Gasteiger partial charge in [0.05, 0.1) is 20.7 Å². The average Bonchev–Trinajstić information content (AvgIpc) is 2.17. The van der Waals surface area contributed by atoms with E-state index in [1.165, 1.54) is 5.56 Å². The number of ether oxygens (including phenoxy) is 1. The summed E-state index contributed by atoms with van der Waals surface area (Å²) < 4.78 is 5.57. The van der Waals surface area contributed by atoms with Crippen molar-refractivity contribution in [1.82, 2.24) is 0 Å². The first kappa shape index (κ1) is 16.4. The van der Waals surface area contributed by atoms with Crippen LogP contribution in [0.25, 0.3) is 0 Å². The van der Waals surface area contributed by atoms with Gasteiger partial charge in [-0.15, -0.1) is 0 Å². The fourth-order valence-corrected chi connectivity index (χ4v) is 1.69. The summed E-state index contributed by atoms with van der Waals surface area (Å²) in [6, 6.07) is 10.2. The SMILES string of the molecule is CCOC(=O)C[N+](C)(C)Cc1ccccc1.[I-]. The summed E-state index contributed by atoms with van der Waals surface area (Å²) in [6.45, 7) is 3.52. The molecule has 0 spiro atoms. The third-order valence-electron chi connectivity index (χ3n) is 2.32. The molecular formula is C13H20INO2. The number of nitrogens with zero attached hydrogens (tertiary/aromatic N) is 1. The maximum absolute atomic E-state index is 11.4. The molecule has 0 bridgehead atoms. The van der Waals surface area contributed by atoms with Gasteiger partial charge >= 0.3 is 5.97 Å². The standard InChI is InChI=1S/C13H20NO2.HI/c1-4-16-13(15)11-14(2,3)10-12-8-6-5-7-9-12;/h5-9H,4,10-11H2,1-3H3;1H/q+1;/p-1. The Morgan fingerprint density at radius 3 is 2.35 bits per heavy atom. The summed E-state index contributed by atoms with van der Waals surface area (Å²) in [4.78, 5) is 11.4. The third kappa shape index (κ3) is 6.63. The highest BCUT2D eigenvalue weighted by Gasteiger charge is 2.21. The third-order valence-corrected chi connectivity index (χ3v) is 2.32. The van der Waals surface area contributed by atoms with Gasteiger partial charge in [-0.25, -0.2) is 4.79 Å². The van der Waals surface area contributed by atoms with Crippen molar-refractivity contribution in [3.05, 3.63) is 35.9 Å². The normalized spacial score (nSPS) is 10.5. The van der Waals surface area contributed by atoms with E-state index in [-0.39, 0.29) is 29.9 Å². The van der Waals surface area contributed by atoms with Crippen molar-refractivity contribution < 1.29 is 38.0 Å². The van der Waals surface area contributed by atoms with Gasteiger partial charge in [0.1, 0.15) is 6.54 Å². The number of halogens is 1. The van der Waals surface area contributed by atoms with Gasteiger partial charge in [0, 0.05) is 5.56 Å². The van der Waals surface area contributed by atoms with E-state index in [1.807, 2.05) is 39.2 Å². The molecule has 0 saturated heterocycles. The van der Waals surface area contributed by atoms with Crippen LogP contribution < -0.4 is 24.0 Å². The molecule has 4 heteroatoms. The topological polar surface area (TPSA) is 26.3 Å². The number of carbonyl (C=O) groups is 1. The van der Waals surface area contributed by atoms with Gasteiger partial charge in [0.15, 0.2) is 6.54 Å². The summed E-state index contributed by atoms with van der Waals surface area (Å²) in [5.74, 6) is -0.136. The monoisotopic (exact) mass is 349 g/mol.